The number of rotatable bonds is 4. The van der Waals surface area contributed by atoms with Crippen LogP contribution in [0.3, 0.4) is 0 Å². The van der Waals surface area contributed by atoms with Crippen LogP contribution in [0, 0.1) is 0 Å². The summed E-state index contributed by atoms with van der Waals surface area (Å²) in [4.78, 5) is 11.8. The molecule has 0 aliphatic rings. The van der Waals surface area contributed by atoms with E-state index in [-0.39, 0.29) is 5.56 Å². The van der Waals surface area contributed by atoms with E-state index in [1.165, 1.54) is 12.1 Å². The van der Waals surface area contributed by atoms with Crippen LogP contribution in [0.5, 0.6) is 0 Å². The van der Waals surface area contributed by atoms with Gasteiger partial charge in [0.2, 0.25) is 0 Å². The van der Waals surface area contributed by atoms with Crippen LogP contribution < -0.4 is 5.73 Å². The summed E-state index contributed by atoms with van der Waals surface area (Å²) in [5, 5.41) is 0. The zero-order valence-corrected chi connectivity index (χ0v) is 10.6. The topological polar surface area (TPSA) is 52.3 Å². The molecule has 0 bridgehead atoms. The summed E-state index contributed by atoms with van der Waals surface area (Å²) in [5.74, 6) is -2.52. The van der Waals surface area contributed by atoms with Crippen molar-refractivity contribution in [1.29, 1.82) is 0 Å². The van der Waals surface area contributed by atoms with Crippen LogP contribution in [0.15, 0.2) is 30.3 Å². The highest BCUT2D eigenvalue weighted by atomic mass is 19.4. The first-order chi connectivity index (χ1) is 8.73. The zero-order chi connectivity index (χ0) is 14.6. The Balaban J connectivity index is 3.08. The van der Waals surface area contributed by atoms with Gasteiger partial charge >= 0.3 is 12.1 Å². The molecule has 6 heteroatoms. The molecule has 1 aromatic rings. The van der Waals surface area contributed by atoms with Gasteiger partial charge in [-0.2, -0.15) is 13.2 Å². The van der Waals surface area contributed by atoms with Gasteiger partial charge in [0.1, 0.15) is 12.0 Å². The number of halogens is 3. The standard InChI is InChI=1S/C13H16F3NO2/c1-8(2)19-12(18)10(11(17)13(14,15)16)9-6-4-3-5-7-9/h3-8,10-11H,17H2,1-2H3/t10-,11-/m1/s1. The third-order valence-corrected chi connectivity index (χ3v) is 2.50. The summed E-state index contributed by atoms with van der Waals surface area (Å²) in [6.07, 6.45) is -5.17. The van der Waals surface area contributed by atoms with E-state index in [1.807, 2.05) is 0 Å². The van der Waals surface area contributed by atoms with E-state index in [2.05, 4.69) is 0 Å². The van der Waals surface area contributed by atoms with E-state index in [1.54, 1.807) is 32.0 Å². The van der Waals surface area contributed by atoms with Gasteiger partial charge in [0.15, 0.2) is 0 Å². The van der Waals surface area contributed by atoms with Crippen molar-refractivity contribution in [3.05, 3.63) is 35.9 Å². The van der Waals surface area contributed by atoms with Gasteiger partial charge in [-0.1, -0.05) is 30.3 Å². The lowest BCUT2D eigenvalue weighted by molar-refractivity contribution is -0.171. The molecule has 3 nitrogen and oxygen atoms in total. The van der Waals surface area contributed by atoms with Crippen molar-refractivity contribution in [2.75, 3.05) is 0 Å². The Kier molecular flexibility index (Phi) is 4.94. The quantitative estimate of drug-likeness (QED) is 0.859. The number of hydrogen-bond acceptors (Lipinski definition) is 3. The molecular weight excluding hydrogens is 259 g/mol. The van der Waals surface area contributed by atoms with Gasteiger partial charge in [0.25, 0.3) is 0 Å². The number of esters is 1. The van der Waals surface area contributed by atoms with Gasteiger partial charge < -0.3 is 10.5 Å². The molecule has 1 aromatic carbocycles. The maximum Gasteiger partial charge on any atom is 0.404 e. The fraction of sp³-hybridized carbons (Fsp3) is 0.462. The van der Waals surface area contributed by atoms with Crippen LogP contribution in [-0.4, -0.2) is 24.3 Å². The second kappa shape index (κ2) is 6.06. The molecule has 2 N–H and O–H groups in total. The minimum atomic E-state index is -4.67. The van der Waals surface area contributed by atoms with Gasteiger partial charge in [-0.15, -0.1) is 0 Å². The highest BCUT2D eigenvalue weighted by Gasteiger charge is 2.46. The zero-order valence-electron chi connectivity index (χ0n) is 10.6. The van der Waals surface area contributed by atoms with E-state index >= 15 is 0 Å². The Morgan fingerprint density at radius 1 is 1.21 bits per heavy atom. The number of carbonyl (C=O) groups excluding carboxylic acids is 1. The Labute approximate surface area is 109 Å². The fourth-order valence-corrected chi connectivity index (χ4v) is 1.64. The third-order valence-electron chi connectivity index (χ3n) is 2.50. The average Bonchev–Trinajstić information content (AvgIpc) is 2.28. The van der Waals surface area contributed by atoms with Gasteiger partial charge in [-0.05, 0) is 19.4 Å². The first kappa shape index (κ1) is 15.5. The predicted octanol–water partition coefficient (Wildman–Crippen LogP) is 2.61. The summed E-state index contributed by atoms with van der Waals surface area (Å²) in [7, 11) is 0. The van der Waals surface area contributed by atoms with Crippen LogP contribution in [0.4, 0.5) is 13.2 Å². The number of ether oxygens (including phenoxy) is 1. The van der Waals surface area contributed by atoms with Crippen LogP contribution in [-0.2, 0) is 9.53 Å². The van der Waals surface area contributed by atoms with Crippen LogP contribution >= 0.6 is 0 Å². The molecular formula is C13H16F3NO2. The van der Waals surface area contributed by atoms with E-state index in [9.17, 15) is 18.0 Å². The molecule has 1 rings (SSSR count). The van der Waals surface area contributed by atoms with Gasteiger partial charge in [-0.3, -0.25) is 4.79 Å². The lowest BCUT2D eigenvalue weighted by atomic mass is 9.91. The number of benzene rings is 1. The molecule has 0 unspecified atom stereocenters. The van der Waals surface area contributed by atoms with Crippen LogP contribution in [0.1, 0.15) is 25.3 Å². The number of hydrogen-bond donors (Lipinski definition) is 1. The Morgan fingerprint density at radius 2 is 1.74 bits per heavy atom. The highest BCUT2D eigenvalue weighted by molar-refractivity contribution is 5.79. The minimum Gasteiger partial charge on any atom is -0.462 e. The smallest absolute Gasteiger partial charge is 0.404 e. The van der Waals surface area contributed by atoms with Crippen LogP contribution in [0.25, 0.3) is 0 Å². The summed E-state index contributed by atoms with van der Waals surface area (Å²) >= 11 is 0. The molecule has 2 atom stereocenters. The molecule has 0 aliphatic carbocycles. The summed E-state index contributed by atoms with van der Waals surface area (Å²) in [6.45, 7) is 3.14. The summed E-state index contributed by atoms with van der Waals surface area (Å²) in [5.41, 5.74) is 5.37. The summed E-state index contributed by atoms with van der Waals surface area (Å²) < 4.78 is 43.1. The molecule has 0 aliphatic heterocycles. The Bertz CT molecular complexity index is 418. The van der Waals surface area contributed by atoms with Crippen LogP contribution in [0.2, 0.25) is 0 Å². The molecule has 19 heavy (non-hydrogen) atoms. The minimum absolute atomic E-state index is 0.193. The van der Waals surface area contributed by atoms with Gasteiger partial charge in [0.05, 0.1) is 6.10 Å². The monoisotopic (exact) mass is 275 g/mol. The van der Waals surface area contributed by atoms with Crippen molar-refractivity contribution in [3.8, 4) is 0 Å². The first-order valence-electron chi connectivity index (χ1n) is 5.81. The molecule has 106 valence electrons. The second-order valence-electron chi connectivity index (χ2n) is 4.44. The summed E-state index contributed by atoms with van der Waals surface area (Å²) in [6, 6.07) is 5.31. The molecule has 0 aromatic heterocycles. The molecule has 0 fully saturated rings. The van der Waals surface area contributed by atoms with Crippen molar-refractivity contribution in [1.82, 2.24) is 0 Å². The highest BCUT2D eigenvalue weighted by Crippen LogP contribution is 2.31. The van der Waals surface area contributed by atoms with Crippen molar-refractivity contribution in [3.63, 3.8) is 0 Å². The van der Waals surface area contributed by atoms with E-state index in [4.69, 9.17) is 10.5 Å². The Morgan fingerprint density at radius 3 is 2.16 bits per heavy atom. The van der Waals surface area contributed by atoms with Crippen molar-refractivity contribution in [2.24, 2.45) is 5.73 Å². The molecule has 0 saturated carbocycles. The predicted molar refractivity (Wildman–Crippen MR) is 64.4 cm³/mol. The third kappa shape index (κ3) is 4.24. The number of carbonyl (C=O) groups is 1. The Hall–Kier alpha value is -1.56. The lowest BCUT2D eigenvalue weighted by Crippen LogP contribution is -2.46. The SMILES string of the molecule is CC(C)OC(=O)[C@H](c1ccccc1)[C@@H](N)C(F)(F)F. The molecule has 0 saturated heterocycles. The van der Waals surface area contributed by atoms with Gasteiger partial charge in [-0.25, -0.2) is 0 Å². The van der Waals surface area contributed by atoms with E-state index in [0.717, 1.165) is 0 Å². The molecule has 0 spiro atoms. The normalized spacial score (nSPS) is 15.1. The number of nitrogens with two attached hydrogens (primary N) is 1. The largest absolute Gasteiger partial charge is 0.462 e. The van der Waals surface area contributed by atoms with Crippen molar-refractivity contribution >= 4 is 5.97 Å². The maximum atomic E-state index is 12.7. The first-order valence-corrected chi connectivity index (χ1v) is 5.81. The fourth-order valence-electron chi connectivity index (χ4n) is 1.64. The van der Waals surface area contributed by atoms with Crippen molar-refractivity contribution in [2.45, 2.75) is 38.1 Å². The average molecular weight is 275 g/mol. The maximum absolute atomic E-state index is 12.7. The van der Waals surface area contributed by atoms with E-state index < -0.39 is 30.2 Å². The molecule has 0 amide bonds. The molecule has 0 heterocycles. The number of alkyl halides is 3. The lowest BCUT2D eigenvalue weighted by Gasteiger charge is -2.25. The molecule has 0 radical (unpaired) electrons. The van der Waals surface area contributed by atoms with Crippen molar-refractivity contribution < 1.29 is 22.7 Å². The second-order valence-corrected chi connectivity index (χ2v) is 4.44. The van der Waals surface area contributed by atoms with Gasteiger partial charge in [0, 0.05) is 0 Å². The van der Waals surface area contributed by atoms with E-state index in [0.29, 0.717) is 0 Å².